The topological polar surface area (TPSA) is 74.3 Å². The number of allylic oxidation sites excluding steroid dienone is 1. The first-order valence-electron chi connectivity index (χ1n) is 15.4. The third-order valence-electron chi connectivity index (χ3n) is 11.4. The quantitative estimate of drug-likeness (QED) is 0.332. The molecule has 41 heavy (non-hydrogen) atoms. The number of rotatable bonds is 6. The molecule has 2 saturated carbocycles. The molecule has 0 radical (unpaired) electrons. The lowest BCUT2D eigenvalue weighted by Gasteiger charge is -2.64. The molecule has 0 N–H and O–H groups in total. The molecule has 6 rings (SSSR count). The van der Waals surface area contributed by atoms with Crippen molar-refractivity contribution in [2.45, 2.75) is 89.7 Å². The number of benzene rings is 1. The standard InChI is InChI=1S/C34H45NO6/c1-22-13-14-28-32(2,17-15-29-33(28,3)21-40-34(4,41-29)23-10-7-6-8-11-23)25(22)20-27(24-16-19-39-30(24)36)35-18-9-12-26(35)31(37)38-5/h6-8,10-11,16,25-29H,1,9,12-15,17-21H2,2-5H3/t25-,26?,27?,28+,29-,32+,33+,34?/m1/s1. The van der Waals surface area contributed by atoms with Crippen LogP contribution in [-0.2, 0) is 34.3 Å². The molecule has 0 bridgehead atoms. The number of cyclic esters (lactones) is 1. The summed E-state index contributed by atoms with van der Waals surface area (Å²) in [7, 11) is 1.45. The molecule has 7 nitrogen and oxygen atoms in total. The summed E-state index contributed by atoms with van der Waals surface area (Å²) in [6, 6.07) is 9.70. The van der Waals surface area contributed by atoms with E-state index in [1.807, 2.05) is 31.2 Å². The number of likely N-dealkylation sites (tertiary alicyclic amines) is 1. The number of carbonyl (C=O) groups is 2. The first kappa shape index (κ1) is 28.6. The second-order valence-corrected chi connectivity index (χ2v) is 13.5. The first-order valence-corrected chi connectivity index (χ1v) is 15.4. The maximum absolute atomic E-state index is 12.9. The average molecular weight is 564 g/mol. The molecule has 3 unspecified atom stereocenters. The Morgan fingerprint density at radius 2 is 1.93 bits per heavy atom. The van der Waals surface area contributed by atoms with Gasteiger partial charge in [0.2, 0.25) is 0 Å². The van der Waals surface area contributed by atoms with Gasteiger partial charge < -0.3 is 18.9 Å². The van der Waals surface area contributed by atoms with Crippen LogP contribution in [0, 0.1) is 22.7 Å². The van der Waals surface area contributed by atoms with E-state index >= 15 is 0 Å². The van der Waals surface area contributed by atoms with Gasteiger partial charge in [0.15, 0.2) is 5.79 Å². The van der Waals surface area contributed by atoms with E-state index in [0.29, 0.717) is 24.7 Å². The van der Waals surface area contributed by atoms with Crippen molar-refractivity contribution in [1.29, 1.82) is 0 Å². The van der Waals surface area contributed by atoms with Crippen LogP contribution in [0.1, 0.15) is 71.3 Å². The highest BCUT2D eigenvalue weighted by Crippen LogP contribution is 2.64. The third-order valence-corrected chi connectivity index (χ3v) is 11.4. The Morgan fingerprint density at radius 3 is 2.63 bits per heavy atom. The zero-order chi connectivity index (χ0) is 29.0. The summed E-state index contributed by atoms with van der Waals surface area (Å²) in [5.41, 5.74) is 2.82. The van der Waals surface area contributed by atoms with Crippen LogP contribution < -0.4 is 0 Å². The second-order valence-electron chi connectivity index (χ2n) is 13.5. The molecule has 2 saturated heterocycles. The number of carbonyl (C=O) groups excluding carboxylic acids is 2. The van der Waals surface area contributed by atoms with E-state index in [4.69, 9.17) is 18.9 Å². The Balaban J connectivity index is 1.29. The van der Waals surface area contributed by atoms with Gasteiger partial charge >= 0.3 is 11.9 Å². The van der Waals surface area contributed by atoms with Crippen LogP contribution >= 0.6 is 0 Å². The minimum atomic E-state index is -0.754. The summed E-state index contributed by atoms with van der Waals surface area (Å²) >= 11 is 0. The van der Waals surface area contributed by atoms with Crippen LogP contribution in [0.4, 0.5) is 0 Å². The van der Waals surface area contributed by atoms with Crippen molar-refractivity contribution in [3.63, 3.8) is 0 Å². The monoisotopic (exact) mass is 563 g/mol. The number of esters is 2. The fourth-order valence-electron chi connectivity index (χ4n) is 9.15. The lowest BCUT2D eigenvalue weighted by atomic mass is 9.45. The Kier molecular flexibility index (Phi) is 7.44. The summed E-state index contributed by atoms with van der Waals surface area (Å²) in [6.45, 7) is 13.1. The van der Waals surface area contributed by atoms with E-state index < -0.39 is 5.79 Å². The fourth-order valence-corrected chi connectivity index (χ4v) is 9.15. The molecule has 3 aliphatic heterocycles. The maximum atomic E-state index is 12.9. The molecule has 0 amide bonds. The molecular weight excluding hydrogens is 518 g/mol. The van der Waals surface area contributed by atoms with Crippen molar-refractivity contribution in [1.82, 2.24) is 4.90 Å². The highest BCUT2D eigenvalue weighted by molar-refractivity contribution is 5.92. The fraction of sp³-hybridized carbons (Fsp3) is 0.647. The molecular formula is C34H45NO6. The van der Waals surface area contributed by atoms with E-state index in [-0.39, 0.29) is 46.9 Å². The van der Waals surface area contributed by atoms with Crippen molar-refractivity contribution in [3.8, 4) is 0 Å². The van der Waals surface area contributed by atoms with Crippen molar-refractivity contribution < 1.29 is 28.5 Å². The lowest BCUT2D eigenvalue weighted by Crippen LogP contribution is -2.63. The van der Waals surface area contributed by atoms with Gasteiger partial charge in [-0.15, -0.1) is 0 Å². The van der Waals surface area contributed by atoms with Crippen LogP contribution in [0.2, 0.25) is 0 Å². The molecule has 1 aromatic carbocycles. The average Bonchev–Trinajstić information content (AvgIpc) is 3.63. The maximum Gasteiger partial charge on any atom is 0.335 e. The molecule has 0 spiro atoms. The zero-order valence-electron chi connectivity index (χ0n) is 25.0. The SMILES string of the molecule is C=C1CC[C@@H]2[C@]3(C)COC(C)(c4ccccc4)O[C@@H]3CC[C@@]2(C)[C@@H]1CC(C1=CCOC1=O)N1CCCC1C(=O)OC. The second kappa shape index (κ2) is 10.7. The number of hydrogen-bond donors (Lipinski definition) is 0. The summed E-state index contributed by atoms with van der Waals surface area (Å²) in [4.78, 5) is 27.9. The molecule has 7 heteroatoms. The molecule has 0 aromatic heterocycles. The molecule has 5 aliphatic rings. The van der Waals surface area contributed by atoms with Crippen molar-refractivity contribution in [2.75, 3.05) is 26.9 Å². The van der Waals surface area contributed by atoms with E-state index in [0.717, 1.165) is 57.1 Å². The largest absolute Gasteiger partial charge is 0.468 e. The first-order chi connectivity index (χ1) is 19.6. The van der Waals surface area contributed by atoms with Gasteiger partial charge in [0.1, 0.15) is 12.6 Å². The highest BCUT2D eigenvalue weighted by atomic mass is 16.7. The third kappa shape index (κ3) is 4.68. The predicted octanol–water partition coefficient (Wildman–Crippen LogP) is 5.54. The molecule has 1 aromatic rings. The van der Waals surface area contributed by atoms with E-state index in [1.165, 1.54) is 12.7 Å². The lowest BCUT2D eigenvalue weighted by molar-refractivity contribution is -0.359. The summed E-state index contributed by atoms with van der Waals surface area (Å²) < 4.78 is 24.0. The number of ether oxygens (including phenoxy) is 4. The van der Waals surface area contributed by atoms with Crippen molar-refractivity contribution >= 4 is 11.9 Å². The van der Waals surface area contributed by atoms with Crippen molar-refractivity contribution in [2.24, 2.45) is 22.7 Å². The van der Waals surface area contributed by atoms with Crippen LogP contribution in [0.15, 0.2) is 54.1 Å². The molecule has 4 fully saturated rings. The minimum absolute atomic E-state index is 0.0321. The van der Waals surface area contributed by atoms with Gasteiger partial charge in [-0.2, -0.15) is 0 Å². The normalized spacial score (nSPS) is 39.9. The Hall–Kier alpha value is -2.48. The molecule has 222 valence electrons. The van der Waals surface area contributed by atoms with Gasteiger partial charge in [-0.3, -0.25) is 9.69 Å². The van der Waals surface area contributed by atoms with Gasteiger partial charge in [0.25, 0.3) is 0 Å². The zero-order valence-corrected chi connectivity index (χ0v) is 25.0. The summed E-state index contributed by atoms with van der Waals surface area (Å²) in [5, 5.41) is 0. The number of nitrogens with zero attached hydrogens (tertiary/aromatic N) is 1. The number of methoxy groups -OCH3 is 1. The Bertz CT molecular complexity index is 1230. The Morgan fingerprint density at radius 1 is 1.15 bits per heavy atom. The summed E-state index contributed by atoms with van der Waals surface area (Å²) in [6.07, 6.45) is 8.35. The van der Waals surface area contributed by atoms with E-state index in [2.05, 4.69) is 37.5 Å². The van der Waals surface area contributed by atoms with Gasteiger partial charge in [0, 0.05) is 17.0 Å². The Labute approximate surface area is 244 Å². The molecule has 8 atom stereocenters. The number of fused-ring (bicyclic) bond motifs is 3. The predicted molar refractivity (Wildman–Crippen MR) is 155 cm³/mol. The van der Waals surface area contributed by atoms with Crippen LogP contribution in [-0.4, -0.2) is 61.9 Å². The smallest absolute Gasteiger partial charge is 0.335 e. The highest BCUT2D eigenvalue weighted by Gasteiger charge is 2.62. The number of hydrogen-bond acceptors (Lipinski definition) is 7. The summed E-state index contributed by atoms with van der Waals surface area (Å²) in [5.74, 6) is -0.671. The van der Waals surface area contributed by atoms with Gasteiger partial charge in [-0.05, 0) is 81.7 Å². The molecule has 3 heterocycles. The van der Waals surface area contributed by atoms with Gasteiger partial charge in [-0.25, -0.2) is 4.79 Å². The van der Waals surface area contributed by atoms with E-state index in [9.17, 15) is 9.59 Å². The minimum Gasteiger partial charge on any atom is -0.468 e. The van der Waals surface area contributed by atoms with E-state index in [1.54, 1.807) is 0 Å². The van der Waals surface area contributed by atoms with Crippen LogP contribution in [0.5, 0.6) is 0 Å². The van der Waals surface area contributed by atoms with Gasteiger partial charge in [0.05, 0.1) is 25.4 Å². The molecule has 2 aliphatic carbocycles. The van der Waals surface area contributed by atoms with Crippen molar-refractivity contribution in [3.05, 3.63) is 59.7 Å². The van der Waals surface area contributed by atoms with Crippen LogP contribution in [0.3, 0.4) is 0 Å². The van der Waals surface area contributed by atoms with Gasteiger partial charge in [-0.1, -0.05) is 56.3 Å². The van der Waals surface area contributed by atoms with Crippen LogP contribution in [0.25, 0.3) is 0 Å².